The summed E-state index contributed by atoms with van der Waals surface area (Å²) in [5.41, 5.74) is 1.77. The number of carbonyl (C=O) groups is 2. The molecule has 3 rings (SSSR count). The van der Waals surface area contributed by atoms with Crippen LogP contribution in [0.4, 0.5) is 5.69 Å². The number of anilines is 1. The Morgan fingerprint density at radius 2 is 1.78 bits per heavy atom. The van der Waals surface area contributed by atoms with E-state index < -0.39 is 18.0 Å². The standard InChI is InChI=1S/C20H19N3O4/c1-12-7-9-14(10-8-12)21-19(25)13(2)27-18(24)11-17-15-5-3-4-6-16(15)20(26)23-22-17/h3-10,13H,11H2,1-2H3,(H,21,25)(H,23,26)/t13-/m1/s1. The Labute approximate surface area is 155 Å². The molecule has 1 amide bonds. The highest BCUT2D eigenvalue weighted by molar-refractivity contribution is 5.95. The van der Waals surface area contributed by atoms with Gasteiger partial charge < -0.3 is 10.1 Å². The maximum Gasteiger partial charge on any atom is 0.312 e. The first-order valence-electron chi connectivity index (χ1n) is 8.47. The second-order valence-corrected chi connectivity index (χ2v) is 6.21. The van der Waals surface area contributed by atoms with Crippen LogP contribution < -0.4 is 10.9 Å². The summed E-state index contributed by atoms with van der Waals surface area (Å²) >= 11 is 0. The summed E-state index contributed by atoms with van der Waals surface area (Å²) in [6, 6.07) is 14.2. The van der Waals surface area contributed by atoms with E-state index in [1.807, 2.05) is 19.1 Å². The molecule has 2 aromatic carbocycles. The number of nitrogens with zero attached hydrogens (tertiary/aromatic N) is 1. The number of aryl methyl sites for hydroxylation is 1. The molecule has 1 aromatic heterocycles. The van der Waals surface area contributed by atoms with Crippen molar-refractivity contribution in [3.63, 3.8) is 0 Å². The van der Waals surface area contributed by atoms with E-state index in [1.165, 1.54) is 6.92 Å². The van der Waals surface area contributed by atoms with Crippen LogP contribution in [0.1, 0.15) is 18.2 Å². The summed E-state index contributed by atoms with van der Waals surface area (Å²) in [5, 5.41) is 10.0. The number of H-pyrrole nitrogens is 1. The molecule has 7 nitrogen and oxygen atoms in total. The van der Waals surface area contributed by atoms with Crippen molar-refractivity contribution in [2.75, 3.05) is 5.32 Å². The number of nitrogens with one attached hydrogen (secondary N) is 2. The largest absolute Gasteiger partial charge is 0.452 e. The fourth-order valence-corrected chi connectivity index (χ4v) is 2.62. The molecule has 0 aliphatic rings. The van der Waals surface area contributed by atoms with Crippen LogP contribution in [-0.4, -0.2) is 28.2 Å². The molecule has 1 atom stereocenters. The number of benzene rings is 2. The topological polar surface area (TPSA) is 101 Å². The Balaban J connectivity index is 1.65. The molecule has 0 radical (unpaired) electrons. The number of esters is 1. The molecule has 1 heterocycles. The van der Waals surface area contributed by atoms with E-state index >= 15 is 0 Å². The number of fused-ring (bicyclic) bond motifs is 1. The smallest absolute Gasteiger partial charge is 0.312 e. The fraction of sp³-hybridized carbons (Fsp3) is 0.200. The van der Waals surface area contributed by atoms with Gasteiger partial charge in [-0.1, -0.05) is 35.9 Å². The van der Waals surface area contributed by atoms with E-state index in [1.54, 1.807) is 36.4 Å². The molecule has 0 unspecified atom stereocenters. The molecular formula is C20H19N3O4. The van der Waals surface area contributed by atoms with Crippen LogP contribution in [0.5, 0.6) is 0 Å². The first kappa shape index (κ1) is 18.3. The number of hydrogen-bond donors (Lipinski definition) is 2. The van der Waals surface area contributed by atoms with Crippen LogP contribution in [0.25, 0.3) is 10.8 Å². The number of amides is 1. The molecule has 0 saturated heterocycles. The highest BCUT2D eigenvalue weighted by Gasteiger charge is 2.19. The van der Waals surface area contributed by atoms with Gasteiger partial charge in [-0.2, -0.15) is 5.10 Å². The van der Waals surface area contributed by atoms with E-state index in [-0.39, 0.29) is 12.0 Å². The number of ether oxygens (including phenoxy) is 1. The van der Waals surface area contributed by atoms with Gasteiger partial charge in [0.2, 0.25) is 0 Å². The lowest BCUT2D eigenvalue weighted by molar-refractivity contribution is -0.152. The zero-order chi connectivity index (χ0) is 19.4. The lowest BCUT2D eigenvalue weighted by Crippen LogP contribution is -2.30. The molecule has 0 spiro atoms. The van der Waals surface area contributed by atoms with E-state index in [0.717, 1.165) is 5.56 Å². The lowest BCUT2D eigenvalue weighted by atomic mass is 10.1. The van der Waals surface area contributed by atoms with Gasteiger partial charge in [0.05, 0.1) is 17.5 Å². The van der Waals surface area contributed by atoms with Crippen molar-refractivity contribution in [2.24, 2.45) is 0 Å². The zero-order valence-corrected chi connectivity index (χ0v) is 15.0. The van der Waals surface area contributed by atoms with Gasteiger partial charge in [0.25, 0.3) is 11.5 Å². The van der Waals surface area contributed by atoms with Crippen LogP contribution in [-0.2, 0) is 20.7 Å². The highest BCUT2D eigenvalue weighted by atomic mass is 16.5. The van der Waals surface area contributed by atoms with Crippen molar-refractivity contribution in [1.82, 2.24) is 10.2 Å². The van der Waals surface area contributed by atoms with Crippen LogP contribution in [0.3, 0.4) is 0 Å². The van der Waals surface area contributed by atoms with Crippen molar-refractivity contribution in [1.29, 1.82) is 0 Å². The monoisotopic (exact) mass is 365 g/mol. The number of aromatic amines is 1. The molecule has 138 valence electrons. The summed E-state index contributed by atoms with van der Waals surface area (Å²) in [4.78, 5) is 36.2. The maximum absolute atomic E-state index is 12.2. The second kappa shape index (κ2) is 7.82. The first-order chi connectivity index (χ1) is 12.9. The molecule has 0 bridgehead atoms. The summed E-state index contributed by atoms with van der Waals surface area (Å²) in [6.45, 7) is 3.45. The SMILES string of the molecule is Cc1ccc(NC(=O)[C@@H](C)OC(=O)Cc2n[nH]c(=O)c3ccccc23)cc1. The molecule has 27 heavy (non-hydrogen) atoms. The van der Waals surface area contributed by atoms with Gasteiger partial charge in [-0.05, 0) is 32.0 Å². The van der Waals surface area contributed by atoms with Crippen molar-refractivity contribution in [3.8, 4) is 0 Å². The summed E-state index contributed by atoms with van der Waals surface area (Å²) in [6.07, 6.45) is -1.12. The number of rotatable bonds is 5. The first-order valence-corrected chi connectivity index (χ1v) is 8.47. The minimum absolute atomic E-state index is 0.153. The van der Waals surface area contributed by atoms with Gasteiger partial charge in [-0.25, -0.2) is 5.10 Å². The van der Waals surface area contributed by atoms with Crippen molar-refractivity contribution in [3.05, 3.63) is 70.1 Å². The maximum atomic E-state index is 12.2. The molecule has 0 saturated carbocycles. The Kier molecular flexibility index (Phi) is 5.30. The third kappa shape index (κ3) is 4.38. The summed E-state index contributed by atoms with van der Waals surface area (Å²) in [5.74, 6) is -1.03. The highest BCUT2D eigenvalue weighted by Crippen LogP contribution is 2.14. The lowest BCUT2D eigenvalue weighted by Gasteiger charge is -2.14. The van der Waals surface area contributed by atoms with Crippen LogP contribution in [0, 0.1) is 6.92 Å². The van der Waals surface area contributed by atoms with Crippen molar-refractivity contribution < 1.29 is 14.3 Å². The number of aromatic nitrogens is 2. The van der Waals surface area contributed by atoms with E-state index in [0.29, 0.717) is 22.2 Å². The third-order valence-corrected chi connectivity index (χ3v) is 4.08. The van der Waals surface area contributed by atoms with Crippen LogP contribution in [0.2, 0.25) is 0 Å². The summed E-state index contributed by atoms with van der Waals surface area (Å²) in [7, 11) is 0. The van der Waals surface area contributed by atoms with Crippen molar-refractivity contribution in [2.45, 2.75) is 26.4 Å². The normalized spacial score (nSPS) is 11.8. The zero-order valence-electron chi connectivity index (χ0n) is 15.0. The van der Waals surface area contributed by atoms with Gasteiger partial charge in [-0.3, -0.25) is 14.4 Å². The molecular weight excluding hydrogens is 346 g/mol. The Hall–Kier alpha value is -3.48. The molecule has 0 aliphatic heterocycles. The predicted octanol–water partition coefficient (Wildman–Crippen LogP) is 2.34. The van der Waals surface area contributed by atoms with E-state index in [4.69, 9.17) is 4.74 Å². The minimum atomic E-state index is -0.965. The molecule has 3 aromatic rings. The average Bonchev–Trinajstić information content (AvgIpc) is 2.66. The quantitative estimate of drug-likeness (QED) is 0.676. The third-order valence-electron chi connectivity index (χ3n) is 4.08. The Morgan fingerprint density at radius 3 is 2.48 bits per heavy atom. The Bertz CT molecular complexity index is 1040. The van der Waals surface area contributed by atoms with Gasteiger partial charge in [0.15, 0.2) is 6.10 Å². The van der Waals surface area contributed by atoms with Gasteiger partial charge in [0, 0.05) is 11.1 Å². The predicted molar refractivity (Wildman–Crippen MR) is 101 cm³/mol. The molecule has 7 heteroatoms. The number of hydrogen-bond acceptors (Lipinski definition) is 5. The summed E-state index contributed by atoms with van der Waals surface area (Å²) < 4.78 is 5.21. The van der Waals surface area contributed by atoms with E-state index in [9.17, 15) is 14.4 Å². The van der Waals surface area contributed by atoms with Gasteiger partial charge in [-0.15, -0.1) is 0 Å². The van der Waals surface area contributed by atoms with Crippen LogP contribution in [0.15, 0.2) is 53.3 Å². The fourth-order valence-electron chi connectivity index (χ4n) is 2.62. The molecule has 2 N–H and O–H groups in total. The Morgan fingerprint density at radius 1 is 1.11 bits per heavy atom. The van der Waals surface area contributed by atoms with E-state index in [2.05, 4.69) is 15.5 Å². The average molecular weight is 365 g/mol. The molecule has 0 aliphatic carbocycles. The second-order valence-electron chi connectivity index (χ2n) is 6.21. The number of carbonyl (C=O) groups excluding carboxylic acids is 2. The minimum Gasteiger partial charge on any atom is -0.452 e. The van der Waals surface area contributed by atoms with Crippen molar-refractivity contribution >= 4 is 28.3 Å². The van der Waals surface area contributed by atoms with Gasteiger partial charge in [0.1, 0.15) is 0 Å². The van der Waals surface area contributed by atoms with Crippen LogP contribution >= 0.6 is 0 Å². The van der Waals surface area contributed by atoms with Gasteiger partial charge >= 0.3 is 5.97 Å². The molecule has 0 fully saturated rings.